The van der Waals surface area contributed by atoms with Crippen molar-refractivity contribution >= 4 is 10.9 Å². The van der Waals surface area contributed by atoms with Crippen LogP contribution in [0.4, 0.5) is 0 Å². The number of benzene rings is 1. The zero-order valence-electron chi connectivity index (χ0n) is 11.0. The van der Waals surface area contributed by atoms with E-state index >= 15 is 0 Å². The Hall–Kier alpha value is -1.72. The third-order valence-electron chi connectivity index (χ3n) is 3.58. The number of para-hydroxylation sites is 1. The van der Waals surface area contributed by atoms with E-state index in [4.69, 9.17) is 4.74 Å². The van der Waals surface area contributed by atoms with E-state index in [9.17, 15) is 4.79 Å². The number of rotatable bonds is 2. The fourth-order valence-electron chi connectivity index (χ4n) is 2.44. The number of fused-ring (bicyclic) bond motifs is 1. The van der Waals surface area contributed by atoms with Gasteiger partial charge in [0.25, 0.3) is 5.56 Å². The molecule has 2 heterocycles. The first-order valence-corrected chi connectivity index (χ1v) is 6.50. The van der Waals surface area contributed by atoms with Gasteiger partial charge in [0.05, 0.1) is 30.7 Å². The van der Waals surface area contributed by atoms with Crippen LogP contribution in [0.2, 0.25) is 0 Å². The predicted octanol–water partition coefficient (Wildman–Crippen LogP) is 0.766. The van der Waals surface area contributed by atoms with Gasteiger partial charge in [-0.25, -0.2) is 0 Å². The summed E-state index contributed by atoms with van der Waals surface area (Å²) < 4.78 is 7.34. The molecule has 3 rings (SSSR count). The van der Waals surface area contributed by atoms with Crippen LogP contribution in [-0.4, -0.2) is 40.8 Å². The number of hydrogen-bond acceptors (Lipinski definition) is 4. The average molecular weight is 259 g/mol. The lowest BCUT2D eigenvalue weighted by Crippen LogP contribution is -2.37. The second-order valence-corrected chi connectivity index (χ2v) is 4.80. The third-order valence-corrected chi connectivity index (χ3v) is 3.58. The summed E-state index contributed by atoms with van der Waals surface area (Å²) in [5.74, 6) is 0.811. The van der Waals surface area contributed by atoms with Crippen LogP contribution < -0.4 is 5.56 Å². The van der Waals surface area contributed by atoms with Gasteiger partial charge in [0.15, 0.2) is 0 Å². The summed E-state index contributed by atoms with van der Waals surface area (Å²) in [6.45, 7) is 3.98. The van der Waals surface area contributed by atoms with Gasteiger partial charge in [-0.3, -0.25) is 9.69 Å². The molecule has 0 atom stereocenters. The van der Waals surface area contributed by atoms with Crippen LogP contribution in [0.1, 0.15) is 5.82 Å². The average Bonchev–Trinajstić information content (AvgIpc) is 2.46. The highest BCUT2D eigenvalue weighted by Crippen LogP contribution is 2.11. The number of aromatic nitrogens is 2. The molecule has 5 nitrogen and oxygen atoms in total. The Balaban J connectivity index is 1.99. The maximum atomic E-state index is 12.0. The lowest BCUT2D eigenvalue weighted by molar-refractivity contribution is 0.0326. The molecular formula is C14H17N3O2. The lowest BCUT2D eigenvalue weighted by Gasteiger charge is -2.26. The van der Waals surface area contributed by atoms with Gasteiger partial charge < -0.3 is 9.30 Å². The molecule has 0 spiro atoms. The molecule has 2 aromatic rings. The second-order valence-electron chi connectivity index (χ2n) is 4.80. The first-order chi connectivity index (χ1) is 9.25. The summed E-state index contributed by atoms with van der Waals surface area (Å²) in [6, 6.07) is 7.59. The molecule has 1 aliphatic heterocycles. The van der Waals surface area contributed by atoms with Crippen molar-refractivity contribution in [2.45, 2.75) is 6.54 Å². The molecule has 0 radical (unpaired) electrons. The van der Waals surface area contributed by atoms with Crippen molar-refractivity contribution < 1.29 is 4.74 Å². The van der Waals surface area contributed by atoms with Crippen LogP contribution in [0.3, 0.4) is 0 Å². The maximum absolute atomic E-state index is 12.0. The highest BCUT2D eigenvalue weighted by molar-refractivity contribution is 5.77. The quantitative estimate of drug-likeness (QED) is 0.799. The molecule has 100 valence electrons. The van der Waals surface area contributed by atoms with Crippen molar-refractivity contribution in [3.63, 3.8) is 0 Å². The first-order valence-electron chi connectivity index (χ1n) is 6.50. The number of aryl methyl sites for hydroxylation is 1. The van der Waals surface area contributed by atoms with Gasteiger partial charge in [0.1, 0.15) is 5.82 Å². The summed E-state index contributed by atoms with van der Waals surface area (Å²) in [5.41, 5.74) is 0.794. The Kier molecular flexibility index (Phi) is 3.31. The number of morpholine rings is 1. The van der Waals surface area contributed by atoms with Gasteiger partial charge in [-0.2, -0.15) is 4.98 Å². The van der Waals surface area contributed by atoms with Gasteiger partial charge >= 0.3 is 0 Å². The predicted molar refractivity (Wildman–Crippen MR) is 73.1 cm³/mol. The highest BCUT2D eigenvalue weighted by atomic mass is 16.5. The molecule has 1 aromatic carbocycles. The van der Waals surface area contributed by atoms with Gasteiger partial charge in [0.2, 0.25) is 0 Å². The van der Waals surface area contributed by atoms with Gasteiger partial charge in [-0.1, -0.05) is 12.1 Å². The Morgan fingerprint density at radius 3 is 2.79 bits per heavy atom. The van der Waals surface area contributed by atoms with Gasteiger partial charge in [0, 0.05) is 20.1 Å². The summed E-state index contributed by atoms with van der Waals surface area (Å²) >= 11 is 0. The molecule has 19 heavy (non-hydrogen) atoms. The summed E-state index contributed by atoms with van der Waals surface area (Å²) in [6.07, 6.45) is 0. The lowest BCUT2D eigenvalue weighted by atomic mass is 10.2. The van der Waals surface area contributed by atoms with Crippen molar-refractivity contribution in [3.8, 4) is 0 Å². The maximum Gasteiger partial charge on any atom is 0.280 e. The zero-order chi connectivity index (χ0) is 13.2. The summed E-state index contributed by atoms with van der Waals surface area (Å²) in [7, 11) is 1.96. The molecular weight excluding hydrogens is 242 g/mol. The van der Waals surface area contributed by atoms with E-state index in [1.807, 2.05) is 35.9 Å². The van der Waals surface area contributed by atoms with E-state index in [2.05, 4.69) is 9.88 Å². The van der Waals surface area contributed by atoms with Crippen molar-refractivity contribution in [2.24, 2.45) is 7.05 Å². The molecule has 1 aromatic heterocycles. The fourth-order valence-corrected chi connectivity index (χ4v) is 2.44. The van der Waals surface area contributed by atoms with Crippen molar-refractivity contribution in [1.82, 2.24) is 14.5 Å². The first kappa shape index (κ1) is 12.3. The molecule has 0 unspecified atom stereocenters. The van der Waals surface area contributed by atoms with E-state index in [0.717, 1.165) is 37.6 Å². The second kappa shape index (κ2) is 5.11. The molecule has 0 N–H and O–H groups in total. The molecule has 0 saturated carbocycles. The van der Waals surface area contributed by atoms with E-state index in [0.29, 0.717) is 11.9 Å². The standard InChI is InChI=1S/C14H17N3O2/c1-16-12-5-3-2-4-11(12)14(18)15-13(16)10-17-6-8-19-9-7-17/h2-5H,6-10H2,1H3. The zero-order valence-corrected chi connectivity index (χ0v) is 11.0. The Bertz CT molecular complexity index is 645. The van der Waals surface area contributed by atoms with Crippen LogP contribution >= 0.6 is 0 Å². The van der Waals surface area contributed by atoms with Crippen molar-refractivity contribution in [1.29, 1.82) is 0 Å². The van der Waals surface area contributed by atoms with Crippen LogP contribution in [0, 0.1) is 0 Å². The van der Waals surface area contributed by atoms with Crippen LogP contribution in [-0.2, 0) is 18.3 Å². The minimum atomic E-state index is -0.142. The number of hydrogen-bond donors (Lipinski definition) is 0. The normalized spacial score (nSPS) is 16.9. The van der Waals surface area contributed by atoms with Crippen LogP contribution in [0.25, 0.3) is 10.9 Å². The molecule has 0 aliphatic carbocycles. The molecule has 0 amide bonds. The van der Waals surface area contributed by atoms with Gasteiger partial charge in [-0.05, 0) is 12.1 Å². The SMILES string of the molecule is Cn1c(CN2CCOCC2)nc(=O)c2ccccc21. The molecule has 0 bridgehead atoms. The smallest absolute Gasteiger partial charge is 0.280 e. The molecule has 5 heteroatoms. The number of ether oxygens (including phenoxy) is 1. The minimum absolute atomic E-state index is 0.142. The highest BCUT2D eigenvalue weighted by Gasteiger charge is 2.14. The van der Waals surface area contributed by atoms with Crippen LogP contribution in [0.5, 0.6) is 0 Å². The largest absolute Gasteiger partial charge is 0.379 e. The number of nitrogens with zero attached hydrogens (tertiary/aromatic N) is 3. The molecule has 1 fully saturated rings. The molecule has 1 saturated heterocycles. The fraction of sp³-hybridized carbons (Fsp3) is 0.429. The topological polar surface area (TPSA) is 47.4 Å². The molecule has 1 aliphatic rings. The monoisotopic (exact) mass is 259 g/mol. The van der Waals surface area contributed by atoms with Crippen molar-refractivity contribution in [2.75, 3.05) is 26.3 Å². The van der Waals surface area contributed by atoms with Gasteiger partial charge in [-0.15, -0.1) is 0 Å². The Labute approximate surface area is 111 Å². The van der Waals surface area contributed by atoms with E-state index in [1.54, 1.807) is 0 Å². The Morgan fingerprint density at radius 1 is 1.26 bits per heavy atom. The summed E-state index contributed by atoms with van der Waals surface area (Å²) in [4.78, 5) is 18.5. The third kappa shape index (κ3) is 2.39. The van der Waals surface area contributed by atoms with E-state index in [1.165, 1.54) is 0 Å². The van der Waals surface area contributed by atoms with E-state index in [-0.39, 0.29) is 5.56 Å². The minimum Gasteiger partial charge on any atom is -0.379 e. The van der Waals surface area contributed by atoms with Crippen LogP contribution in [0.15, 0.2) is 29.1 Å². The summed E-state index contributed by atoms with van der Waals surface area (Å²) in [5, 5.41) is 0.677. The van der Waals surface area contributed by atoms with E-state index < -0.39 is 0 Å². The van der Waals surface area contributed by atoms with Crippen molar-refractivity contribution in [3.05, 3.63) is 40.4 Å². The Morgan fingerprint density at radius 2 is 2.00 bits per heavy atom.